The van der Waals surface area contributed by atoms with Crippen LogP contribution in [0.5, 0.6) is 0 Å². The highest BCUT2D eigenvalue weighted by molar-refractivity contribution is 5.91. The summed E-state index contributed by atoms with van der Waals surface area (Å²) in [4.78, 5) is 11.1. The van der Waals surface area contributed by atoms with Gasteiger partial charge in [-0.25, -0.2) is 0 Å². The van der Waals surface area contributed by atoms with Crippen molar-refractivity contribution in [3.8, 4) is 11.3 Å². The third kappa shape index (κ3) is 1.91. The molecule has 0 unspecified atom stereocenters. The van der Waals surface area contributed by atoms with Crippen LogP contribution in [0.4, 0.5) is 0 Å². The Bertz CT molecular complexity index is 535. The number of carbonyl (C=O) groups is 1. The molecule has 1 aromatic heterocycles. The van der Waals surface area contributed by atoms with Gasteiger partial charge in [-0.2, -0.15) is 0 Å². The number of furan rings is 1. The van der Waals surface area contributed by atoms with Crippen LogP contribution in [0.15, 0.2) is 34.7 Å². The van der Waals surface area contributed by atoms with E-state index in [1.54, 1.807) is 6.07 Å². The predicted molar refractivity (Wildman–Crippen MR) is 63.6 cm³/mol. The van der Waals surface area contributed by atoms with E-state index in [9.17, 15) is 4.79 Å². The fourth-order valence-electron chi connectivity index (χ4n) is 1.76. The molecule has 0 N–H and O–H groups in total. The Hall–Kier alpha value is -1.83. The molecule has 2 rings (SSSR count). The van der Waals surface area contributed by atoms with Gasteiger partial charge in [-0.05, 0) is 31.5 Å². The van der Waals surface area contributed by atoms with E-state index >= 15 is 0 Å². The van der Waals surface area contributed by atoms with Crippen molar-refractivity contribution in [2.24, 2.45) is 0 Å². The summed E-state index contributed by atoms with van der Waals surface area (Å²) in [6.07, 6.45) is 0. The Morgan fingerprint density at radius 1 is 1.12 bits per heavy atom. The molecule has 16 heavy (non-hydrogen) atoms. The van der Waals surface area contributed by atoms with Gasteiger partial charge in [-0.1, -0.05) is 23.8 Å². The first-order chi connectivity index (χ1) is 7.58. The summed E-state index contributed by atoms with van der Waals surface area (Å²) in [5.41, 5.74) is 3.42. The van der Waals surface area contributed by atoms with Gasteiger partial charge in [0.25, 0.3) is 0 Å². The van der Waals surface area contributed by atoms with Crippen LogP contribution in [0.2, 0.25) is 0 Å². The van der Waals surface area contributed by atoms with E-state index < -0.39 is 0 Å². The van der Waals surface area contributed by atoms with Crippen molar-refractivity contribution >= 4 is 5.78 Å². The summed E-state index contributed by atoms with van der Waals surface area (Å²) >= 11 is 0. The average Bonchev–Trinajstić information content (AvgIpc) is 2.66. The molecule has 0 radical (unpaired) electrons. The zero-order valence-corrected chi connectivity index (χ0v) is 9.70. The zero-order valence-electron chi connectivity index (χ0n) is 9.70. The lowest BCUT2D eigenvalue weighted by Gasteiger charge is -2.03. The third-order valence-corrected chi connectivity index (χ3v) is 2.60. The Morgan fingerprint density at radius 3 is 2.44 bits per heavy atom. The molecular weight excluding hydrogens is 200 g/mol. The van der Waals surface area contributed by atoms with Crippen LogP contribution < -0.4 is 0 Å². The zero-order chi connectivity index (χ0) is 11.7. The molecule has 0 aliphatic heterocycles. The van der Waals surface area contributed by atoms with Gasteiger partial charge in [0.15, 0.2) is 11.5 Å². The van der Waals surface area contributed by atoms with Crippen LogP contribution in [-0.2, 0) is 0 Å². The van der Waals surface area contributed by atoms with Crippen molar-refractivity contribution in [1.82, 2.24) is 0 Å². The van der Waals surface area contributed by atoms with Crippen LogP contribution in [0, 0.1) is 13.8 Å². The lowest BCUT2D eigenvalue weighted by atomic mass is 10.0. The number of carbonyl (C=O) groups excluding carboxylic acids is 1. The molecule has 0 bridgehead atoms. The predicted octanol–water partition coefficient (Wildman–Crippen LogP) is 3.77. The van der Waals surface area contributed by atoms with Crippen molar-refractivity contribution in [1.29, 1.82) is 0 Å². The van der Waals surface area contributed by atoms with Crippen LogP contribution in [0.25, 0.3) is 11.3 Å². The first kappa shape index (κ1) is 10.7. The maximum Gasteiger partial charge on any atom is 0.194 e. The lowest BCUT2D eigenvalue weighted by Crippen LogP contribution is -1.86. The Kier molecular flexibility index (Phi) is 2.65. The Labute approximate surface area is 94.9 Å². The monoisotopic (exact) mass is 214 g/mol. The standard InChI is InChI=1S/C14H14O2/c1-9-4-5-12(10(2)8-9)14-7-6-13(16-14)11(3)15/h4-8H,1-3H3. The van der Waals surface area contributed by atoms with Gasteiger partial charge in [0.2, 0.25) is 0 Å². The van der Waals surface area contributed by atoms with Crippen molar-refractivity contribution in [2.45, 2.75) is 20.8 Å². The van der Waals surface area contributed by atoms with Crippen molar-refractivity contribution in [2.75, 3.05) is 0 Å². The number of hydrogen-bond donors (Lipinski definition) is 0. The van der Waals surface area contributed by atoms with E-state index in [0.717, 1.165) is 16.9 Å². The van der Waals surface area contributed by atoms with Gasteiger partial charge >= 0.3 is 0 Å². The number of rotatable bonds is 2. The number of ketones is 1. The Morgan fingerprint density at radius 2 is 1.88 bits per heavy atom. The van der Waals surface area contributed by atoms with E-state index in [4.69, 9.17) is 4.42 Å². The van der Waals surface area contributed by atoms with E-state index in [0.29, 0.717) is 5.76 Å². The molecule has 1 aromatic carbocycles. The number of hydrogen-bond acceptors (Lipinski definition) is 2. The summed E-state index contributed by atoms with van der Waals surface area (Å²) in [5, 5.41) is 0. The maximum atomic E-state index is 11.1. The van der Waals surface area contributed by atoms with Crippen molar-refractivity contribution < 1.29 is 9.21 Å². The van der Waals surface area contributed by atoms with Gasteiger partial charge in [0, 0.05) is 12.5 Å². The van der Waals surface area contributed by atoms with E-state index in [-0.39, 0.29) is 5.78 Å². The van der Waals surface area contributed by atoms with Gasteiger partial charge in [0.1, 0.15) is 5.76 Å². The van der Waals surface area contributed by atoms with Crippen molar-refractivity contribution in [3.05, 3.63) is 47.2 Å². The van der Waals surface area contributed by atoms with E-state index in [1.165, 1.54) is 12.5 Å². The minimum Gasteiger partial charge on any atom is -0.453 e. The van der Waals surface area contributed by atoms with Crippen LogP contribution in [0.3, 0.4) is 0 Å². The number of benzene rings is 1. The molecule has 0 aliphatic rings. The lowest BCUT2D eigenvalue weighted by molar-refractivity contribution is 0.0988. The van der Waals surface area contributed by atoms with Crippen LogP contribution >= 0.6 is 0 Å². The SMILES string of the molecule is CC(=O)c1ccc(-c2ccc(C)cc2C)o1. The molecule has 2 aromatic rings. The molecule has 0 saturated carbocycles. The highest BCUT2D eigenvalue weighted by Crippen LogP contribution is 2.26. The normalized spacial score (nSPS) is 10.4. The van der Waals surface area contributed by atoms with Crippen LogP contribution in [0.1, 0.15) is 28.6 Å². The molecular formula is C14H14O2. The van der Waals surface area contributed by atoms with Gasteiger partial charge in [-0.15, -0.1) is 0 Å². The number of Topliss-reactive ketones (excluding diaryl/α,β-unsaturated/α-hetero) is 1. The summed E-state index contributed by atoms with van der Waals surface area (Å²) in [5.74, 6) is 1.12. The first-order valence-electron chi connectivity index (χ1n) is 5.26. The molecule has 2 nitrogen and oxygen atoms in total. The minimum absolute atomic E-state index is 0.0454. The highest BCUT2D eigenvalue weighted by atomic mass is 16.3. The molecule has 0 spiro atoms. The van der Waals surface area contributed by atoms with E-state index in [1.807, 2.05) is 25.1 Å². The highest BCUT2D eigenvalue weighted by Gasteiger charge is 2.09. The van der Waals surface area contributed by atoms with E-state index in [2.05, 4.69) is 13.0 Å². The number of aryl methyl sites for hydroxylation is 2. The summed E-state index contributed by atoms with van der Waals surface area (Å²) in [7, 11) is 0. The Balaban J connectivity index is 2.46. The molecule has 82 valence electrons. The summed E-state index contributed by atoms with van der Waals surface area (Å²) in [6, 6.07) is 9.72. The topological polar surface area (TPSA) is 30.2 Å². The summed E-state index contributed by atoms with van der Waals surface area (Å²) in [6.45, 7) is 5.60. The molecule has 0 saturated heterocycles. The molecule has 1 heterocycles. The fraction of sp³-hybridized carbons (Fsp3) is 0.214. The quantitative estimate of drug-likeness (QED) is 0.712. The smallest absolute Gasteiger partial charge is 0.194 e. The van der Waals surface area contributed by atoms with Gasteiger partial charge < -0.3 is 4.42 Å². The third-order valence-electron chi connectivity index (χ3n) is 2.60. The molecule has 0 amide bonds. The van der Waals surface area contributed by atoms with Gasteiger partial charge in [0.05, 0.1) is 0 Å². The second kappa shape index (κ2) is 3.97. The first-order valence-corrected chi connectivity index (χ1v) is 5.26. The van der Waals surface area contributed by atoms with Crippen molar-refractivity contribution in [3.63, 3.8) is 0 Å². The minimum atomic E-state index is -0.0454. The summed E-state index contributed by atoms with van der Waals surface area (Å²) < 4.78 is 5.50. The fourth-order valence-corrected chi connectivity index (χ4v) is 1.76. The molecule has 2 heteroatoms. The van der Waals surface area contributed by atoms with Crippen LogP contribution in [-0.4, -0.2) is 5.78 Å². The second-order valence-corrected chi connectivity index (χ2v) is 4.04. The molecule has 0 aliphatic carbocycles. The largest absolute Gasteiger partial charge is 0.453 e. The maximum absolute atomic E-state index is 11.1. The second-order valence-electron chi connectivity index (χ2n) is 4.04. The molecule has 0 atom stereocenters. The molecule has 0 fully saturated rings. The average molecular weight is 214 g/mol. The van der Waals surface area contributed by atoms with Gasteiger partial charge in [-0.3, -0.25) is 4.79 Å².